The molecule has 2 aliphatic rings. The van der Waals surface area contributed by atoms with Gasteiger partial charge in [-0.3, -0.25) is 4.99 Å². The van der Waals surface area contributed by atoms with Crippen molar-refractivity contribution in [2.75, 3.05) is 27.8 Å². The van der Waals surface area contributed by atoms with E-state index >= 15 is 0 Å². The third-order valence-corrected chi connectivity index (χ3v) is 5.81. The van der Waals surface area contributed by atoms with Gasteiger partial charge in [0.05, 0.1) is 20.8 Å². The molecule has 6 heteroatoms. The highest BCUT2D eigenvalue weighted by Gasteiger charge is 2.35. The van der Waals surface area contributed by atoms with Crippen LogP contribution in [0.15, 0.2) is 23.2 Å². The zero-order valence-electron chi connectivity index (χ0n) is 16.2. The SMILES string of the molecule is COc1ccc(C2(CN=C(N)N(C)C3CC3)CCCCC2)cc1OC.I. The molecule has 0 atom stereocenters. The summed E-state index contributed by atoms with van der Waals surface area (Å²) in [6.45, 7) is 0.741. The van der Waals surface area contributed by atoms with E-state index in [1.54, 1.807) is 14.2 Å². The second-order valence-electron chi connectivity index (χ2n) is 7.43. The first-order chi connectivity index (χ1) is 12.1. The van der Waals surface area contributed by atoms with Gasteiger partial charge in [-0.2, -0.15) is 0 Å². The van der Waals surface area contributed by atoms with E-state index in [0.717, 1.165) is 30.9 Å². The van der Waals surface area contributed by atoms with Crippen molar-refractivity contribution < 1.29 is 9.47 Å². The van der Waals surface area contributed by atoms with E-state index in [4.69, 9.17) is 20.2 Å². The Morgan fingerprint density at radius 1 is 1.15 bits per heavy atom. The lowest BCUT2D eigenvalue weighted by Gasteiger charge is -2.37. The van der Waals surface area contributed by atoms with Crippen LogP contribution in [0.3, 0.4) is 0 Å². The Kier molecular flexibility index (Phi) is 7.43. The van der Waals surface area contributed by atoms with Crippen LogP contribution in [0.4, 0.5) is 0 Å². The van der Waals surface area contributed by atoms with Gasteiger partial charge in [0.2, 0.25) is 0 Å². The lowest BCUT2D eigenvalue weighted by atomic mass is 9.69. The molecule has 5 nitrogen and oxygen atoms in total. The molecular weight excluding hydrogens is 441 g/mol. The van der Waals surface area contributed by atoms with Gasteiger partial charge in [-0.25, -0.2) is 0 Å². The van der Waals surface area contributed by atoms with Crippen molar-refractivity contribution in [3.05, 3.63) is 23.8 Å². The first kappa shape index (κ1) is 21.1. The highest BCUT2D eigenvalue weighted by molar-refractivity contribution is 14.0. The summed E-state index contributed by atoms with van der Waals surface area (Å²) in [5.41, 5.74) is 7.58. The number of benzene rings is 1. The van der Waals surface area contributed by atoms with Gasteiger partial charge in [-0.1, -0.05) is 25.3 Å². The van der Waals surface area contributed by atoms with Crippen molar-refractivity contribution >= 4 is 29.9 Å². The number of ether oxygens (including phenoxy) is 2. The summed E-state index contributed by atoms with van der Waals surface area (Å²) in [4.78, 5) is 6.93. The predicted octanol–water partition coefficient (Wildman–Crippen LogP) is 3.93. The van der Waals surface area contributed by atoms with E-state index in [-0.39, 0.29) is 29.4 Å². The first-order valence-corrected chi connectivity index (χ1v) is 9.35. The Labute approximate surface area is 174 Å². The number of nitrogens with two attached hydrogens (primary N) is 1. The fourth-order valence-corrected chi connectivity index (χ4v) is 3.93. The van der Waals surface area contributed by atoms with Crippen molar-refractivity contribution in [2.24, 2.45) is 10.7 Å². The number of hydrogen-bond acceptors (Lipinski definition) is 3. The molecule has 1 aromatic rings. The van der Waals surface area contributed by atoms with E-state index in [1.165, 1.54) is 37.7 Å². The molecule has 0 bridgehead atoms. The Hall–Kier alpha value is -1.18. The molecular formula is C20H32IN3O2. The number of nitrogens with zero attached hydrogens (tertiary/aromatic N) is 2. The summed E-state index contributed by atoms with van der Waals surface area (Å²) >= 11 is 0. The predicted molar refractivity (Wildman–Crippen MR) is 117 cm³/mol. The topological polar surface area (TPSA) is 60.1 Å². The molecule has 2 fully saturated rings. The van der Waals surface area contributed by atoms with Crippen molar-refractivity contribution in [3.8, 4) is 11.5 Å². The smallest absolute Gasteiger partial charge is 0.191 e. The Balaban J connectivity index is 0.00000243. The Morgan fingerprint density at radius 2 is 1.81 bits per heavy atom. The zero-order chi connectivity index (χ0) is 17.9. The maximum atomic E-state index is 6.25. The van der Waals surface area contributed by atoms with Crippen LogP contribution in [0.2, 0.25) is 0 Å². The molecule has 26 heavy (non-hydrogen) atoms. The average molecular weight is 473 g/mol. The average Bonchev–Trinajstić information content (AvgIpc) is 3.50. The van der Waals surface area contributed by atoms with E-state index in [9.17, 15) is 0 Å². The molecule has 0 aromatic heterocycles. The summed E-state index contributed by atoms with van der Waals surface area (Å²) in [5, 5.41) is 0. The molecule has 2 saturated carbocycles. The second-order valence-corrected chi connectivity index (χ2v) is 7.43. The van der Waals surface area contributed by atoms with Crippen molar-refractivity contribution in [2.45, 2.75) is 56.4 Å². The maximum absolute atomic E-state index is 6.25. The van der Waals surface area contributed by atoms with Crippen LogP contribution in [0, 0.1) is 0 Å². The zero-order valence-corrected chi connectivity index (χ0v) is 18.5. The van der Waals surface area contributed by atoms with E-state index in [1.807, 2.05) is 6.07 Å². The van der Waals surface area contributed by atoms with Gasteiger partial charge in [-0.05, 0) is 43.4 Å². The van der Waals surface area contributed by atoms with Gasteiger partial charge >= 0.3 is 0 Å². The van der Waals surface area contributed by atoms with E-state index in [0.29, 0.717) is 12.0 Å². The van der Waals surface area contributed by atoms with Crippen LogP contribution in [0.5, 0.6) is 11.5 Å². The van der Waals surface area contributed by atoms with Gasteiger partial charge in [0.15, 0.2) is 17.5 Å². The van der Waals surface area contributed by atoms with Gasteiger partial charge < -0.3 is 20.1 Å². The number of rotatable bonds is 6. The van der Waals surface area contributed by atoms with Crippen LogP contribution in [-0.4, -0.2) is 44.7 Å². The molecule has 0 spiro atoms. The standard InChI is InChI=1S/C20H31N3O2.HI/c1-23(16-8-9-16)19(21)22-14-20(11-5-4-6-12-20)15-7-10-17(24-2)18(13-15)25-3;/h7,10,13,16H,4-6,8-9,11-12,14H2,1-3H3,(H2,21,22);1H. The molecule has 1 aromatic carbocycles. The van der Waals surface area contributed by atoms with Gasteiger partial charge in [0.1, 0.15) is 0 Å². The number of aliphatic imine (C=N–C) groups is 1. The summed E-state index contributed by atoms with van der Waals surface area (Å²) in [7, 11) is 5.42. The van der Waals surface area contributed by atoms with Crippen LogP contribution in [0.1, 0.15) is 50.5 Å². The molecule has 3 rings (SSSR count). The minimum absolute atomic E-state index is 0. The van der Waals surface area contributed by atoms with Gasteiger partial charge in [0.25, 0.3) is 0 Å². The Morgan fingerprint density at radius 3 is 2.38 bits per heavy atom. The summed E-state index contributed by atoms with van der Waals surface area (Å²) in [6, 6.07) is 6.89. The Bertz CT molecular complexity index is 625. The number of guanidine groups is 1. The van der Waals surface area contributed by atoms with E-state index in [2.05, 4.69) is 24.1 Å². The van der Waals surface area contributed by atoms with Gasteiger partial charge in [-0.15, -0.1) is 24.0 Å². The fraction of sp³-hybridized carbons (Fsp3) is 0.650. The van der Waals surface area contributed by atoms with Crippen LogP contribution >= 0.6 is 24.0 Å². The van der Waals surface area contributed by atoms with Crippen molar-refractivity contribution in [1.82, 2.24) is 4.90 Å². The molecule has 2 N–H and O–H groups in total. The van der Waals surface area contributed by atoms with Gasteiger partial charge in [0, 0.05) is 18.5 Å². The second kappa shape index (κ2) is 9.15. The maximum Gasteiger partial charge on any atom is 0.191 e. The van der Waals surface area contributed by atoms with E-state index < -0.39 is 0 Å². The largest absolute Gasteiger partial charge is 0.493 e. The van der Waals surface area contributed by atoms with Crippen LogP contribution in [-0.2, 0) is 5.41 Å². The molecule has 2 aliphatic carbocycles. The normalized spacial score (nSPS) is 19.4. The molecule has 0 unspecified atom stereocenters. The first-order valence-electron chi connectivity index (χ1n) is 9.35. The fourth-order valence-electron chi connectivity index (χ4n) is 3.93. The lowest BCUT2D eigenvalue weighted by molar-refractivity contribution is 0.297. The number of methoxy groups -OCH3 is 2. The monoisotopic (exact) mass is 473 g/mol. The molecule has 0 amide bonds. The summed E-state index contributed by atoms with van der Waals surface area (Å²) in [5.74, 6) is 2.23. The lowest BCUT2D eigenvalue weighted by Crippen LogP contribution is -2.38. The summed E-state index contributed by atoms with van der Waals surface area (Å²) < 4.78 is 10.9. The summed E-state index contributed by atoms with van der Waals surface area (Å²) in [6.07, 6.45) is 8.53. The molecule has 146 valence electrons. The highest BCUT2D eigenvalue weighted by atomic mass is 127. The van der Waals surface area contributed by atoms with Crippen LogP contribution in [0.25, 0.3) is 0 Å². The number of hydrogen-bond donors (Lipinski definition) is 1. The minimum Gasteiger partial charge on any atom is -0.493 e. The quantitative estimate of drug-likeness (QED) is 0.387. The molecule has 0 heterocycles. The third kappa shape index (κ3) is 4.56. The third-order valence-electron chi connectivity index (χ3n) is 5.81. The molecule has 0 aliphatic heterocycles. The highest BCUT2D eigenvalue weighted by Crippen LogP contribution is 2.42. The molecule has 0 radical (unpaired) electrons. The van der Waals surface area contributed by atoms with Crippen molar-refractivity contribution in [1.29, 1.82) is 0 Å². The minimum atomic E-state index is 0. The van der Waals surface area contributed by atoms with Crippen molar-refractivity contribution in [3.63, 3.8) is 0 Å². The number of halogens is 1. The molecule has 0 saturated heterocycles. The van der Waals surface area contributed by atoms with Crippen LogP contribution < -0.4 is 15.2 Å².